The Bertz CT molecular complexity index is 1100. The van der Waals surface area contributed by atoms with E-state index in [4.69, 9.17) is 5.11 Å². The van der Waals surface area contributed by atoms with Crippen LogP contribution < -0.4 is 5.32 Å². The number of amides is 1. The largest absolute Gasteiger partial charge is 0.480 e. The number of carboxylic acids is 1. The zero-order valence-electron chi connectivity index (χ0n) is 23.7. The Balaban J connectivity index is 1.20. The third-order valence-corrected chi connectivity index (χ3v) is 8.77. The van der Waals surface area contributed by atoms with Crippen molar-refractivity contribution in [3.8, 4) is 11.4 Å². The molecule has 1 fully saturated rings. The summed E-state index contributed by atoms with van der Waals surface area (Å²) >= 11 is 0. The van der Waals surface area contributed by atoms with Crippen LogP contribution in [0, 0.1) is 17.8 Å². The van der Waals surface area contributed by atoms with Gasteiger partial charge in [0.05, 0.1) is 0 Å². The molecule has 2 aliphatic rings. The SMILES string of the molecule is CCCC1CCC(C2CC=C(Cc3cnc(-c4ccc(CCCC(=O)NC(C)C(=O)O)cc4)nc3)CC2)CC1. The summed E-state index contributed by atoms with van der Waals surface area (Å²) in [5.41, 5.74) is 4.83. The number of allylic oxidation sites excluding steroid dienone is 2. The lowest BCUT2D eigenvalue weighted by atomic mass is 9.70. The Morgan fingerprint density at radius 1 is 1.00 bits per heavy atom. The molecule has 0 bridgehead atoms. The minimum Gasteiger partial charge on any atom is -0.480 e. The van der Waals surface area contributed by atoms with E-state index in [0.717, 1.165) is 47.5 Å². The fourth-order valence-corrected chi connectivity index (χ4v) is 6.36. The van der Waals surface area contributed by atoms with Gasteiger partial charge < -0.3 is 10.4 Å². The number of aromatic nitrogens is 2. The molecule has 2 atom stereocenters. The van der Waals surface area contributed by atoms with Crippen LogP contribution in [-0.2, 0) is 22.4 Å². The van der Waals surface area contributed by atoms with Crippen LogP contribution >= 0.6 is 0 Å². The standard InChI is InChI=1S/C33H45N3O3/c1-3-5-24-8-14-28(15-9-24)29-16-12-26(13-17-29)20-27-21-34-32(35-22-27)30-18-10-25(11-19-30)6-4-7-31(37)36-23(2)33(38)39/h10-12,18-19,21-24,28-29H,3-9,13-17,20H2,1-2H3,(H,36,37)(H,38,39). The van der Waals surface area contributed by atoms with Gasteiger partial charge in [-0.25, -0.2) is 9.97 Å². The molecule has 0 radical (unpaired) electrons. The zero-order chi connectivity index (χ0) is 27.6. The molecule has 1 aromatic carbocycles. The van der Waals surface area contributed by atoms with E-state index in [1.807, 2.05) is 36.7 Å². The Kier molecular flexibility index (Phi) is 10.7. The molecule has 0 aliphatic heterocycles. The molecule has 6 heteroatoms. The number of hydrogen-bond donors (Lipinski definition) is 2. The number of rotatable bonds is 12. The van der Waals surface area contributed by atoms with E-state index in [0.29, 0.717) is 12.8 Å². The minimum absolute atomic E-state index is 0.233. The summed E-state index contributed by atoms with van der Waals surface area (Å²) in [5.74, 6) is 2.28. The maximum absolute atomic E-state index is 11.9. The normalized spacial score (nSPS) is 22.1. The van der Waals surface area contributed by atoms with E-state index in [2.05, 4.69) is 28.3 Å². The number of carbonyl (C=O) groups excluding carboxylic acids is 1. The number of hydrogen-bond acceptors (Lipinski definition) is 4. The third kappa shape index (κ3) is 8.74. The molecule has 210 valence electrons. The number of nitrogens with one attached hydrogen (secondary N) is 1. The first-order valence-electron chi connectivity index (χ1n) is 15.0. The van der Waals surface area contributed by atoms with Crippen LogP contribution in [0.3, 0.4) is 0 Å². The van der Waals surface area contributed by atoms with Crippen LogP contribution in [0.1, 0.15) is 95.6 Å². The fourth-order valence-electron chi connectivity index (χ4n) is 6.36. The molecule has 39 heavy (non-hydrogen) atoms. The molecule has 1 aromatic heterocycles. The average Bonchev–Trinajstić information content (AvgIpc) is 2.95. The first kappa shape index (κ1) is 29.0. The van der Waals surface area contributed by atoms with Gasteiger partial charge in [-0.3, -0.25) is 9.59 Å². The average molecular weight is 532 g/mol. The Morgan fingerprint density at radius 3 is 2.33 bits per heavy atom. The summed E-state index contributed by atoms with van der Waals surface area (Å²) in [6.07, 6.45) is 21.5. The first-order chi connectivity index (χ1) is 18.9. The van der Waals surface area contributed by atoms with Crippen molar-refractivity contribution < 1.29 is 14.7 Å². The predicted octanol–water partition coefficient (Wildman–Crippen LogP) is 6.93. The lowest BCUT2D eigenvalue weighted by Crippen LogP contribution is -2.38. The summed E-state index contributed by atoms with van der Waals surface area (Å²) in [6, 6.07) is 7.28. The number of carboxylic acid groups (broad SMARTS) is 1. The lowest BCUT2D eigenvalue weighted by molar-refractivity contribution is -0.141. The van der Waals surface area contributed by atoms with Crippen molar-refractivity contribution in [1.82, 2.24) is 15.3 Å². The van der Waals surface area contributed by atoms with Crippen LogP contribution in [0.2, 0.25) is 0 Å². The summed E-state index contributed by atoms with van der Waals surface area (Å²) in [4.78, 5) is 32.0. The molecular weight excluding hydrogens is 486 g/mol. The van der Waals surface area contributed by atoms with E-state index >= 15 is 0 Å². The van der Waals surface area contributed by atoms with Gasteiger partial charge in [-0.1, -0.05) is 68.5 Å². The van der Waals surface area contributed by atoms with Crippen LogP contribution in [0.5, 0.6) is 0 Å². The highest BCUT2D eigenvalue weighted by molar-refractivity contribution is 5.83. The van der Waals surface area contributed by atoms with E-state index in [1.165, 1.54) is 75.8 Å². The van der Waals surface area contributed by atoms with E-state index < -0.39 is 12.0 Å². The van der Waals surface area contributed by atoms with Gasteiger partial charge in [0.1, 0.15) is 6.04 Å². The molecule has 0 spiro atoms. The summed E-state index contributed by atoms with van der Waals surface area (Å²) in [5, 5.41) is 11.4. The van der Waals surface area contributed by atoms with Crippen molar-refractivity contribution in [2.75, 3.05) is 0 Å². The second kappa shape index (κ2) is 14.4. The molecule has 6 nitrogen and oxygen atoms in total. The molecule has 2 aliphatic carbocycles. The molecule has 0 saturated heterocycles. The highest BCUT2D eigenvalue weighted by Crippen LogP contribution is 2.41. The Labute approximate surface area is 233 Å². The molecule has 1 heterocycles. The fraction of sp³-hybridized carbons (Fsp3) is 0.576. The van der Waals surface area contributed by atoms with Crippen LogP contribution in [-0.4, -0.2) is 33.0 Å². The molecule has 1 saturated carbocycles. The first-order valence-corrected chi connectivity index (χ1v) is 15.0. The number of aliphatic carboxylic acids is 1. The van der Waals surface area contributed by atoms with Crippen molar-refractivity contribution in [3.63, 3.8) is 0 Å². The van der Waals surface area contributed by atoms with Gasteiger partial charge in [-0.05, 0) is 87.2 Å². The maximum atomic E-state index is 11.9. The Morgan fingerprint density at radius 2 is 1.72 bits per heavy atom. The van der Waals surface area contributed by atoms with Gasteiger partial charge in [0.15, 0.2) is 5.82 Å². The van der Waals surface area contributed by atoms with Crippen molar-refractivity contribution in [1.29, 1.82) is 0 Å². The van der Waals surface area contributed by atoms with E-state index in [9.17, 15) is 9.59 Å². The van der Waals surface area contributed by atoms with E-state index in [1.54, 1.807) is 0 Å². The molecular formula is C33H45N3O3. The second-order valence-corrected chi connectivity index (χ2v) is 11.7. The van der Waals surface area contributed by atoms with Gasteiger partial charge in [-0.15, -0.1) is 0 Å². The number of nitrogens with zero attached hydrogens (tertiary/aromatic N) is 2. The van der Waals surface area contributed by atoms with Crippen molar-refractivity contribution >= 4 is 11.9 Å². The van der Waals surface area contributed by atoms with Gasteiger partial charge >= 0.3 is 5.97 Å². The van der Waals surface area contributed by atoms with Crippen molar-refractivity contribution in [3.05, 3.63) is 59.4 Å². The smallest absolute Gasteiger partial charge is 0.325 e. The maximum Gasteiger partial charge on any atom is 0.325 e. The molecule has 4 rings (SSSR count). The van der Waals surface area contributed by atoms with Gasteiger partial charge in [-0.2, -0.15) is 0 Å². The summed E-state index contributed by atoms with van der Waals surface area (Å²) in [7, 11) is 0. The van der Waals surface area contributed by atoms with E-state index in [-0.39, 0.29) is 5.91 Å². The summed E-state index contributed by atoms with van der Waals surface area (Å²) in [6.45, 7) is 3.79. The Hall–Kier alpha value is -3.02. The minimum atomic E-state index is -1.02. The molecule has 1 amide bonds. The molecule has 2 unspecified atom stereocenters. The highest BCUT2D eigenvalue weighted by Gasteiger charge is 2.28. The van der Waals surface area contributed by atoms with Gasteiger partial charge in [0.2, 0.25) is 5.91 Å². The third-order valence-electron chi connectivity index (χ3n) is 8.77. The van der Waals surface area contributed by atoms with Crippen LogP contribution in [0.15, 0.2) is 48.3 Å². The van der Waals surface area contributed by atoms with Crippen molar-refractivity contribution in [2.24, 2.45) is 17.8 Å². The monoisotopic (exact) mass is 531 g/mol. The second-order valence-electron chi connectivity index (χ2n) is 11.7. The lowest BCUT2D eigenvalue weighted by Gasteiger charge is -2.35. The summed E-state index contributed by atoms with van der Waals surface area (Å²) < 4.78 is 0. The van der Waals surface area contributed by atoms with Gasteiger partial charge in [0, 0.05) is 24.4 Å². The number of carbonyl (C=O) groups is 2. The predicted molar refractivity (Wildman–Crippen MR) is 155 cm³/mol. The zero-order valence-corrected chi connectivity index (χ0v) is 23.7. The highest BCUT2D eigenvalue weighted by atomic mass is 16.4. The van der Waals surface area contributed by atoms with Crippen molar-refractivity contribution in [2.45, 2.75) is 103 Å². The molecule has 2 N–H and O–H groups in total. The van der Waals surface area contributed by atoms with Crippen LogP contribution in [0.25, 0.3) is 11.4 Å². The quantitative estimate of drug-likeness (QED) is 0.290. The van der Waals surface area contributed by atoms with Gasteiger partial charge in [0.25, 0.3) is 0 Å². The number of benzene rings is 1. The van der Waals surface area contributed by atoms with Crippen LogP contribution in [0.4, 0.5) is 0 Å². The number of aryl methyl sites for hydroxylation is 1. The topological polar surface area (TPSA) is 92.2 Å². The molecule has 2 aromatic rings.